The van der Waals surface area contributed by atoms with E-state index in [2.05, 4.69) is 4.90 Å². The minimum Gasteiger partial charge on any atom is -1.00 e. The van der Waals surface area contributed by atoms with Gasteiger partial charge in [-0.25, -0.2) is 0 Å². The Morgan fingerprint density at radius 1 is 1.15 bits per heavy atom. The van der Waals surface area contributed by atoms with Gasteiger partial charge in [-0.05, 0) is 43.7 Å². The van der Waals surface area contributed by atoms with E-state index >= 15 is 0 Å². The molecule has 2 rings (SSSR count). The topological polar surface area (TPSA) is 38.8 Å². The number of carbonyl (C=O) groups excluding carboxylic acids is 1. The van der Waals surface area contributed by atoms with Crippen LogP contribution >= 0.6 is 0 Å². The molecule has 1 saturated heterocycles. The molecule has 1 aliphatic heterocycles. The van der Waals surface area contributed by atoms with Crippen molar-refractivity contribution in [1.82, 2.24) is 4.90 Å². The second kappa shape index (κ2) is 9.75. The molecule has 4 nitrogen and oxygen atoms in total. The highest BCUT2D eigenvalue weighted by Gasteiger charge is 2.08. The molecule has 0 spiro atoms. The number of nitrogens with zero attached hydrogens (tertiary/aromatic N) is 1. The van der Waals surface area contributed by atoms with E-state index in [1.54, 1.807) is 12.1 Å². The second-order valence-corrected chi connectivity index (χ2v) is 4.70. The fraction of sp³-hybridized carbons (Fsp3) is 0.533. The van der Waals surface area contributed by atoms with E-state index in [4.69, 9.17) is 9.47 Å². The van der Waals surface area contributed by atoms with Gasteiger partial charge in [-0.15, -0.1) is 0 Å². The minimum absolute atomic E-state index is 0. The lowest BCUT2D eigenvalue weighted by Crippen LogP contribution is -3.00. The van der Waals surface area contributed by atoms with Crippen LogP contribution in [0.3, 0.4) is 0 Å². The Bertz CT molecular complexity index is 377. The highest BCUT2D eigenvalue weighted by atomic mass is 35.5. The van der Waals surface area contributed by atoms with Crippen molar-refractivity contribution in [2.45, 2.75) is 12.8 Å². The molecule has 1 heterocycles. The molecule has 0 bridgehead atoms. The molecule has 0 unspecified atom stereocenters. The molecule has 20 heavy (non-hydrogen) atoms. The molecule has 5 heteroatoms. The Kier molecular flexibility index (Phi) is 8.26. The van der Waals surface area contributed by atoms with Crippen LogP contribution in [0.15, 0.2) is 24.3 Å². The maximum absolute atomic E-state index is 10.5. The summed E-state index contributed by atoms with van der Waals surface area (Å²) in [6, 6.07) is 7.23. The summed E-state index contributed by atoms with van der Waals surface area (Å²) in [6.45, 7) is 5.67. The molecule has 0 N–H and O–H groups in total. The van der Waals surface area contributed by atoms with Gasteiger partial charge in [-0.1, -0.05) is 0 Å². The van der Waals surface area contributed by atoms with Gasteiger partial charge in [-0.2, -0.15) is 0 Å². The average molecular weight is 299 g/mol. The largest absolute Gasteiger partial charge is 1.00 e. The summed E-state index contributed by atoms with van der Waals surface area (Å²) in [5, 5.41) is 0. The van der Waals surface area contributed by atoms with Crippen molar-refractivity contribution < 1.29 is 26.7 Å². The zero-order chi connectivity index (χ0) is 13.3. The Labute approximate surface area is 126 Å². The van der Waals surface area contributed by atoms with Crippen molar-refractivity contribution in [3.63, 3.8) is 0 Å². The summed E-state index contributed by atoms with van der Waals surface area (Å²) in [5.74, 6) is 0.831. The van der Waals surface area contributed by atoms with E-state index in [-0.39, 0.29) is 12.4 Å². The van der Waals surface area contributed by atoms with Crippen LogP contribution in [0, 0.1) is 0 Å². The van der Waals surface area contributed by atoms with Crippen LogP contribution in [-0.4, -0.2) is 50.6 Å². The summed E-state index contributed by atoms with van der Waals surface area (Å²) in [5.41, 5.74) is 0.680. The standard InChI is InChI=1S/C15H21NO3.ClH/c17-13-14-3-5-15(6-4-14)19-10-2-1-7-16-8-11-18-12-9-16;/h3-6,13H,1-2,7-12H2;1H/p-1. The number of aldehydes is 1. The number of rotatable bonds is 7. The van der Waals surface area contributed by atoms with Gasteiger partial charge < -0.3 is 21.9 Å². The number of ether oxygens (including phenoxy) is 2. The first kappa shape index (κ1) is 17.0. The molecular formula is C15H21ClNO3-. The van der Waals surface area contributed by atoms with Gasteiger partial charge in [0.1, 0.15) is 12.0 Å². The number of carbonyl (C=O) groups is 1. The van der Waals surface area contributed by atoms with Crippen molar-refractivity contribution in [3.05, 3.63) is 29.8 Å². The quantitative estimate of drug-likeness (QED) is 0.478. The van der Waals surface area contributed by atoms with Crippen LogP contribution in [-0.2, 0) is 4.74 Å². The number of hydrogen-bond acceptors (Lipinski definition) is 4. The highest BCUT2D eigenvalue weighted by Crippen LogP contribution is 2.11. The van der Waals surface area contributed by atoms with Crippen LogP contribution in [0.5, 0.6) is 5.75 Å². The van der Waals surface area contributed by atoms with Crippen LogP contribution in [0.25, 0.3) is 0 Å². The van der Waals surface area contributed by atoms with Crippen molar-refractivity contribution >= 4 is 6.29 Å². The summed E-state index contributed by atoms with van der Waals surface area (Å²) in [6.07, 6.45) is 3.03. The van der Waals surface area contributed by atoms with Gasteiger partial charge in [-0.3, -0.25) is 9.69 Å². The normalized spacial score (nSPS) is 15.4. The zero-order valence-electron chi connectivity index (χ0n) is 11.6. The lowest BCUT2D eigenvalue weighted by atomic mass is 10.2. The zero-order valence-corrected chi connectivity index (χ0v) is 12.3. The van der Waals surface area contributed by atoms with Crippen LogP contribution in [0.4, 0.5) is 0 Å². The lowest BCUT2D eigenvalue weighted by Gasteiger charge is -2.26. The third-order valence-electron chi connectivity index (χ3n) is 3.26. The van der Waals surface area contributed by atoms with E-state index < -0.39 is 0 Å². The van der Waals surface area contributed by atoms with Crippen LogP contribution < -0.4 is 17.1 Å². The van der Waals surface area contributed by atoms with E-state index in [1.165, 1.54) is 0 Å². The molecule has 1 fully saturated rings. The van der Waals surface area contributed by atoms with E-state index in [1.807, 2.05) is 12.1 Å². The molecule has 0 saturated carbocycles. The Morgan fingerprint density at radius 3 is 2.50 bits per heavy atom. The molecule has 1 aromatic carbocycles. The molecule has 0 aromatic heterocycles. The number of hydrogen-bond donors (Lipinski definition) is 0. The molecule has 0 radical (unpaired) electrons. The predicted octanol–water partition coefficient (Wildman–Crippen LogP) is -1.01. The maximum atomic E-state index is 10.5. The van der Waals surface area contributed by atoms with Gasteiger partial charge in [0.2, 0.25) is 0 Å². The highest BCUT2D eigenvalue weighted by molar-refractivity contribution is 5.74. The smallest absolute Gasteiger partial charge is 0.150 e. The SMILES string of the molecule is O=Cc1ccc(OCCCCN2CCOCC2)cc1.[Cl-]. The molecule has 1 aliphatic rings. The predicted molar refractivity (Wildman–Crippen MR) is 73.8 cm³/mol. The number of unbranched alkanes of at least 4 members (excludes halogenated alkanes) is 1. The molecule has 112 valence electrons. The van der Waals surface area contributed by atoms with Gasteiger partial charge in [0.05, 0.1) is 19.8 Å². The molecule has 1 aromatic rings. The Hall–Kier alpha value is -1.10. The van der Waals surface area contributed by atoms with Gasteiger partial charge in [0.15, 0.2) is 0 Å². The fourth-order valence-corrected chi connectivity index (χ4v) is 2.09. The van der Waals surface area contributed by atoms with E-state index in [0.717, 1.165) is 64.3 Å². The summed E-state index contributed by atoms with van der Waals surface area (Å²) < 4.78 is 10.9. The molecule has 0 atom stereocenters. The van der Waals surface area contributed by atoms with Gasteiger partial charge in [0, 0.05) is 18.7 Å². The number of halogens is 1. The lowest BCUT2D eigenvalue weighted by molar-refractivity contribution is -0.0000125. The molecule has 0 amide bonds. The van der Waals surface area contributed by atoms with Crippen molar-refractivity contribution in [1.29, 1.82) is 0 Å². The second-order valence-electron chi connectivity index (χ2n) is 4.70. The average Bonchev–Trinajstić information content (AvgIpc) is 2.49. The Morgan fingerprint density at radius 2 is 1.85 bits per heavy atom. The number of benzene rings is 1. The van der Waals surface area contributed by atoms with Crippen molar-refractivity contribution in [2.75, 3.05) is 39.5 Å². The number of morpholine rings is 1. The fourth-order valence-electron chi connectivity index (χ4n) is 2.09. The molecular weight excluding hydrogens is 278 g/mol. The first-order valence-corrected chi connectivity index (χ1v) is 6.86. The first-order valence-electron chi connectivity index (χ1n) is 6.86. The first-order chi connectivity index (χ1) is 9.38. The monoisotopic (exact) mass is 298 g/mol. The third kappa shape index (κ3) is 5.90. The van der Waals surface area contributed by atoms with Crippen molar-refractivity contribution in [2.24, 2.45) is 0 Å². The molecule has 0 aliphatic carbocycles. The summed E-state index contributed by atoms with van der Waals surface area (Å²) in [4.78, 5) is 12.9. The van der Waals surface area contributed by atoms with E-state index in [9.17, 15) is 4.79 Å². The maximum Gasteiger partial charge on any atom is 0.150 e. The Balaban J connectivity index is 0.00000200. The van der Waals surface area contributed by atoms with Gasteiger partial charge in [0.25, 0.3) is 0 Å². The van der Waals surface area contributed by atoms with Gasteiger partial charge >= 0.3 is 0 Å². The summed E-state index contributed by atoms with van der Waals surface area (Å²) in [7, 11) is 0. The third-order valence-corrected chi connectivity index (χ3v) is 3.26. The summed E-state index contributed by atoms with van der Waals surface area (Å²) >= 11 is 0. The van der Waals surface area contributed by atoms with Crippen LogP contribution in [0.1, 0.15) is 23.2 Å². The van der Waals surface area contributed by atoms with Crippen LogP contribution in [0.2, 0.25) is 0 Å². The minimum atomic E-state index is 0. The van der Waals surface area contributed by atoms with Crippen molar-refractivity contribution in [3.8, 4) is 5.75 Å². The van der Waals surface area contributed by atoms with E-state index in [0.29, 0.717) is 5.56 Å².